The minimum Gasteiger partial charge on any atom is -0.436 e. The summed E-state index contributed by atoms with van der Waals surface area (Å²) in [5, 5.41) is 10.8. The highest BCUT2D eigenvalue weighted by molar-refractivity contribution is 5.28. The van der Waals surface area contributed by atoms with Crippen molar-refractivity contribution in [2.75, 3.05) is 19.6 Å². The molecule has 0 N–H and O–H groups in total. The Labute approximate surface area is 176 Å². The fourth-order valence-corrected chi connectivity index (χ4v) is 4.35. The quantitative estimate of drug-likeness (QED) is 0.502. The van der Waals surface area contributed by atoms with E-state index < -0.39 is 16.9 Å². The monoisotopic (exact) mass is 440 g/mol. The number of halogens is 3. The molecule has 2 aromatic rings. The largest absolute Gasteiger partial charge is 0.573 e. The average Bonchev–Trinajstić information content (AvgIpc) is 3.19. The molecule has 1 saturated heterocycles. The predicted molar refractivity (Wildman–Crippen MR) is 104 cm³/mol. The number of aromatic nitrogens is 2. The fraction of sp³-hybridized carbons (Fsp3) is 0.550. The molecule has 2 aliphatic heterocycles. The Hall–Kier alpha value is -2.82. The molecule has 0 radical (unpaired) electrons. The summed E-state index contributed by atoms with van der Waals surface area (Å²) in [5.41, 5.74) is 0.504. The zero-order valence-electron chi connectivity index (χ0n) is 17.0. The van der Waals surface area contributed by atoms with Crippen LogP contribution in [-0.4, -0.2) is 51.0 Å². The number of nitro groups is 1. The lowest BCUT2D eigenvalue weighted by Gasteiger charge is -2.36. The topological polar surface area (TPSA) is 82.7 Å². The highest BCUT2D eigenvalue weighted by Crippen LogP contribution is 2.33. The normalized spacial score (nSPS) is 22.2. The maximum atomic E-state index is 12.3. The number of piperidine rings is 1. The van der Waals surface area contributed by atoms with E-state index in [0.29, 0.717) is 19.0 Å². The number of nitrogens with zero attached hydrogens (tertiary/aromatic N) is 4. The van der Waals surface area contributed by atoms with Crippen LogP contribution in [0.25, 0.3) is 0 Å². The van der Waals surface area contributed by atoms with Crippen molar-refractivity contribution < 1.29 is 27.6 Å². The lowest BCUT2D eigenvalue weighted by molar-refractivity contribution is -0.389. The van der Waals surface area contributed by atoms with Crippen molar-refractivity contribution in [1.82, 2.24) is 14.5 Å². The van der Waals surface area contributed by atoms with Crippen molar-refractivity contribution in [3.05, 3.63) is 46.1 Å². The first-order valence-corrected chi connectivity index (χ1v) is 10.1. The van der Waals surface area contributed by atoms with E-state index >= 15 is 0 Å². The van der Waals surface area contributed by atoms with E-state index in [2.05, 4.69) is 14.6 Å². The van der Waals surface area contributed by atoms with Crippen LogP contribution in [-0.2, 0) is 13.0 Å². The van der Waals surface area contributed by atoms with Gasteiger partial charge in [-0.2, -0.15) is 0 Å². The third-order valence-electron chi connectivity index (χ3n) is 5.70. The minimum absolute atomic E-state index is 0.207. The molecule has 1 unspecified atom stereocenters. The van der Waals surface area contributed by atoms with E-state index in [1.165, 1.54) is 18.3 Å². The summed E-state index contributed by atoms with van der Waals surface area (Å²) in [5.74, 6) is 0.0399. The van der Waals surface area contributed by atoms with Crippen molar-refractivity contribution in [3.8, 4) is 11.8 Å². The first-order valence-electron chi connectivity index (χ1n) is 10.1. The van der Waals surface area contributed by atoms with E-state index in [1.54, 1.807) is 16.7 Å². The van der Waals surface area contributed by atoms with Gasteiger partial charge in [-0.05, 0) is 67.8 Å². The lowest BCUT2D eigenvalue weighted by Crippen LogP contribution is -2.47. The van der Waals surface area contributed by atoms with Crippen LogP contribution in [0.1, 0.15) is 25.3 Å². The highest BCUT2D eigenvalue weighted by atomic mass is 19.4. The van der Waals surface area contributed by atoms with Gasteiger partial charge in [0.05, 0.1) is 6.54 Å². The van der Waals surface area contributed by atoms with Crippen LogP contribution in [0.15, 0.2) is 30.5 Å². The third kappa shape index (κ3) is 5.27. The molecule has 4 rings (SSSR count). The van der Waals surface area contributed by atoms with Gasteiger partial charge in [0, 0.05) is 11.5 Å². The summed E-state index contributed by atoms with van der Waals surface area (Å²) < 4.78 is 48.3. The summed E-state index contributed by atoms with van der Waals surface area (Å²) in [6.45, 7) is 4.96. The second-order valence-corrected chi connectivity index (χ2v) is 8.43. The zero-order chi connectivity index (χ0) is 22.2. The molecule has 2 aliphatic rings. The molecule has 3 heterocycles. The Morgan fingerprint density at radius 3 is 2.55 bits per heavy atom. The summed E-state index contributed by atoms with van der Waals surface area (Å²) in [7, 11) is 0. The molecule has 1 atom stereocenters. The standard InChI is InChI=1S/C20H23F3N4O4/c1-19(13-26-11-17(27(28)29)24-18(26)31-19)12-25-8-6-15(7-9-25)10-14-2-4-16(5-3-14)30-20(21,22)23/h2-5,11,15H,6-10,12-13H2,1H3. The van der Waals surface area contributed by atoms with Gasteiger partial charge in [-0.1, -0.05) is 12.1 Å². The van der Waals surface area contributed by atoms with E-state index in [0.717, 1.165) is 37.9 Å². The van der Waals surface area contributed by atoms with Crippen LogP contribution in [0.2, 0.25) is 0 Å². The molecule has 1 aromatic heterocycles. The zero-order valence-corrected chi connectivity index (χ0v) is 17.0. The average molecular weight is 440 g/mol. The van der Waals surface area contributed by atoms with Gasteiger partial charge >= 0.3 is 18.2 Å². The summed E-state index contributed by atoms with van der Waals surface area (Å²) in [6, 6.07) is 6.35. The van der Waals surface area contributed by atoms with Crippen LogP contribution >= 0.6 is 0 Å². The molecule has 0 saturated carbocycles. The molecular weight excluding hydrogens is 417 g/mol. The number of imidazole rings is 1. The SMILES string of the molecule is CC1(CN2CCC(Cc3ccc(OC(F)(F)F)cc3)CC2)Cn2cc([N+](=O)[O-])nc2O1. The molecule has 0 bridgehead atoms. The second kappa shape index (κ2) is 8.03. The molecule has 168 valence electrons. The molecule has 0 spiro atoms. The minimum atomic E-state index is -4.68. The number of hydrogen-bond acceptors (Lipinski definition) is 6. The van der Waals surface area contributed by atoms with Crippen molar-refractivity contribution >= 4 is 5.82 Å². The second-order valence-electron chi connectivity index (χ2n) is 8.43. The Bertz CT molecular complexity index is 913. The number of benzene rings is 1. The van der Waals surface area contributed by atoms with Gasteiger partial charge in [-0.3, -0.25) is 9.47 Å². The number of fused-ring (bicyclic) bond motifs is 1. The van der Waals surface area contributed by atoms with Gasteiger partial charge in [-0.25, -0.2) is 0 Å². The molecular formula is C20H23F3N4O4. The number of hydrogen-bond donors (Lipinski definition) is 0. The third-order valence-corrected chi connectivity index (χ3v) is 5.70. The number of rotatable bonds is 6. The Balaban J connectivity index is 1.24. The molecule has 1 aromatic carbocycles. The first-order chi connectivity index (χ1) is 14.6. The molecule has 8 nitrogen and oxygen atoms in total. The number of alkyl halides is 3. The van der Waals surface area contributed by atoms with Crippen LogP contribution < -0.4 is 9.47 Å². The maximum Gasteiger partial charge on any atom is 0.573 e. The molecule has 31 heavy (non-hydrogen) atoms. The van der Waals surface area contributed by atoms with Gasteiger partial charge in [0.2, 0.25) is 0 Å². The number of ether oxygens (including phenoxy) is 2. The van der Waals surface area contributed by atoms with E-state index in [-0.39, 0.29) is 17.6 Å². The van der Waals surface area contributed by atoms with Crippen LogP contribution in [0.5, 0.6) is 11.8 Å². The van der Waals surface area contributed by atoms with E-state index in [4.69, 9.17) is 4.74 Å². The van der Waals surface area contributed by atoms with Crippen LogP contribution in [0.4, 0.5) is 19.0 Å². The fourth-order valence-electron chi connectivity index (χ4n) is 4.35. The lowest BCUT2D eigenvalue weighted by atomic mass is 9.89. The van der Waals surface area contributed by atoms with Crippen molar-refractivity contribution in [3.63, 3.8) is 0 Å². The van der Waals surface area contributed by atoms with Crippen LogP contribution in [0, 0.1) is 16.0 Å². The smallest absolute Gasteiger partial charge is 0.436 e. The molecule has 0 aliphatic carbocycles. The first kappa shape index (κ1) is 21.4. The Morgan fingerprint density at radius 1 is 1.29 bits per heavy atom. The van der Waals surface area contributed by atoms with Crippen molar-refractivity contribution in [1.29, 1.82) is 0 Å². The number of likely N-dealkylation sites (tertiary alicyclic amines) is 1. The van der Waals surface area contributed by atoms with Crippen LogP contribution in [0.3, 0.4) is 0 Å². The van der Waals surface area contributed by atoms with Gasteiger partial charge in [0.15, 0.2) is 0 Å². The summed E-state index contributed by atoms with van der Waals surface area (Å²) in [6.07, 6.45) is -0.508. The van der Waals surface area contributed by atoms with Crippen molar-refractivity contribution in [2.24, 2.45) is 5.92 Å². The summed E-state index contributed by atoms with van der Waals surface area (Å²) >= 11 is 0. The van der Waals surface area contributed by atoms with E-state index in [9.17, 15) is 23.3 Å². The van der Waals surface area contributed by atoms with Gasteiger partial charge in [0.25, 0.3) is 0 Å². The van der Waals surface area contributed by atoms with E-state index in [1.807, 2.05) is 6.92 Å². The Kier molecular flexibility index (Phi) is 5.54. The van der Waals surface area contributed by atoms with Gasteiger partial charge < -0.3 is 19.6 Å². The Morgan fingerprint density at radius 2 is 1.97 bits per heavy atom. The molecule has 0 amide bonds. The summed E-state index contributed by atoms with van der Waals surface area (Å²) in [4.78, 5) is 16.5. The maximum absolute atomic E-state index is 12.3. The van der Waals surface area contributed by atoms with Gasteiger partial charge in [0.1, 0.15) is 17.5 Å². The van der Waals surface area contributed by atoms with Gasteiger partial charge in [-0.15, -0.1) is 13.2 Å². The van der Waals surface area contributed by atoms with Crippen molar-refractivity contribution in [2.45, 2.75) is 44.7 Å². The predicted octanol–water partition coefficient (Wildman–Crippen LogP) is 3.80. The molecule has 1 fully saturated rings. The molecule has 11 heteroatoms. The highest BCUT2D eigenvalue weighted by Gasteiger charge is 2.41.